The summed E-state index contributed by atoms with van der Waals surface area (Å²) in [5, 5.41) is 8.89. The predicted octanol–water partition coefficient (Wildman–Crippen LogP) is 1.35. The Hall–Kier alpha value is -0.610. The Labute approximate surface area is 96.6 Å². The first-order valence-electron chi connectivity index (χ1n) is 6.29. The number of carboxylic acid groups (broad SMARTS) is 1. The van der Waals surface area contributed by atoms with Crippen LogP contribution in [0.5, 0.6) is 0 Å². The van der Waals surface area contributed by atoms with Gasteiger partial charge in [-0.25, -0.2) is 0 Å². The quantitative estimate of drug-likeness (QED) is 0.787. The summed E-state index contributed by atoms with van der Waals surface area (Å²) in [7, 11) is 0. The first-order chi connectivity index (χ1) is 7.75. The van der Waals surface area contributed by atoms with Crippen LogP contribution >= 0.6 is 0 Å². The second-order valence-electron chi connectivity index (χ2n) is 4.97. The molecule has 2 fully saturated rings. The SMILES string of the molecule is O=C(O)CC1CCCCN1CC1CCOC1. The van der Waals surface area contributed by atoms with Crippen LogP contribution in [0.1, 0.15) is 32.1 Å². The third-order valence-electron chi connectivity index (χ3n) is 3.68. The summed E-state index contributed by atoms with van der Waals surface area (Å²) in [5.41, 5.74) is 0. The third kappa shape index (κ3) is 3.19. The highest BCUT2D eigenvalue weighted by Gasteiger charge is 2.27. The second kappa shape index (κ2) is 5.64. The molecule has 0 aromatic rings. The fourth-order valence-electron chi connectivity index (χ4n) is 2.79. The average molecular weight is 227 g/mol. The van der Waals surface area contributed by atoms with Crippen molar-refractivity contribution in [2.24, 2.45) is 5.92 Å². The van der Waals surface area contributed by atoms with Gasteiger partial charge in [0.2, 0.25) is 0 Å². The van der Waals surface area contributed by atoms with Gasteiger partial charge >= 0.3 is 5.97 Å². The van der Waals surface area contributed by atoms with Crippen LogP contribution in [0.2, 0.25) is 0 Å². The lowest BCUT2D eigenvalue weighted by Gasteiger charge is -2.36. The Morgan fingerprint density at radius 1 is 1.38 bits per heavy atom. The maximum absolute atomic E-state index is 10.8. The number of nitrogens with zero attached hydrogens (tertiary/aromatic N) is 1. The van der Waals surface area contributed by atoms with Crippen molar-refractivity contribution in [1.29, 1.82) is 0 Å². The highest BCUT2D eigenvalue weighted by Crippen LogP contribution is 2.23. The molecule has 0 radical (unpaired) electrons. The monoisotopic (exact) mass is 227 g/mol. The maximum atomic E-state index is 10.8. The molecule has 92 valence electrons. The zero-order valence-electron chi connectivity index (χ0n) is 9.73. The molecule has 4 nitrogen and oxygen atoms in total. The first-order valence-corrected chi connectivity index (χ1v) is 6.29. The standard InChI is InChI=1S/C12H21NO3/c14-12(15)7-11-3-1-2-5-13(11)8-10-4-6-16-9-10/h10-11H,1-9H2,(H,14,15). The Balaban J connectivity index is 1.85. The molecule has 0 aromatic heterocycles. The zero-order chi connectivity index (χ0) is 11.4. The van der Waals surface area contributed by atoms with E-state index in [1.54, 1.807) is 0 Å². The molecule has 0 bridgehead atoms. The molecule has 2 aliphatic heterocycles. The molecule has 16 heavy (non-hydrogen) atoms. The van der Waals surface area contributed by atoms with Crippen molar-refractivity contribution in [3.63, 3.8) is 0 Å². The lowest BCUT2D eigenvalue weighted by molar-refractivity contribution is -0.138. The van der Waals surface area contributed by atoms with Crippen LogP contribution in [0.4, 0.5) is 0 Å². The van der Waals surface area contributed by atoms with Crippen LogP contribution in [-0.2, 0) is 9.53 Å². The van der Waals surface area contributed by atoms with Crippen molar-refractivity contribution in [2.45, 2.75) is 38.1 Å². The van der Waals surface area contributed by atoms with E-state index in [2.05, 4.69) is 4.90 Å². The lowest BCUT2D eigenvalue weighted by atomic mass is 9.97. The molecule has 1 N–H and O–H groups in total. The topological polar surface area (TPSA) is 49.8 Å². The number of likely N-dealkylation sites (tertiary alicyclic amines) is 1. The number of aliphatic carboxylic acids is 1. The van der Waals surface area contributed by atoms with Crippen LogP contribution in [-0.4, -0.2) is 48.3 Å². The number of carboxylic acids is 1. The van der Waals surface area contributed by atoms with E-state index in [4.69, 9.17) is 9.84 Å². The van der Waals surface area contributed by atoms with Gasteiger partial charge < -0.3 is 9.84 Å². The summed E-state index contributed by atoms with van der Waals surface area (Å²) < 4.78 is 5.37. The van der Waals surface area contributed by atoms with E-state index in [-0.39, 0.29) is 6.04 Å². The highest BCUT2D eigenvalue weighted by atomic mass is 16.5. The normalized spacial score (nSPS) is 31.8. The van der Waals surface area contributed by atoms with Gasteiger partial charge in [-0.15, -0.1) is 0 Å². The smallest absolute Gasteiger partial charge is 0.304 e. The summed E-state index contributed by atoms with van der Waals surface area (Å²) in [5.74, 6) is -0.0473. The number of hydrogen-bond donors (Lipinski definition) is 1. The second-order valence-corrected chi connectivity index (χ2v) is 4.97. The first kappa shape index (κ1) is 11.9. The van der Waals surface area contributed by atoms with E-state index in [0.29, 0.717) is 12.3 Å². The molecule has 0 aliphatic carbocycles. The molecule has 0 saturated carbocycles. The average Bonchev–Trinajstić information content (AvgIpc) is 2.73. The Kier molecular flexibility index (Phi) is 4.18. The van der Waals surface area contributed by atoms with E-state index in [1.165, 1.54) is 12.8 Å². The van der Waals surface area contributed by atoms with Crippen molar-refractivity contribution >= 4 is 5.97 Å². The molecule has 0 aromatic carbocycles. The van der Waals surface area contributed by atoms with Crippen LogP contribution in [0.25, 0.3) is 0 Å². The van der Waals surface area contributed by atoms with E-state index < -0.39 is 5.97 Å². The highest BCUT2D eigenvalue weighted by molar-refractivity contribution is 5.67. The molecule has 0 amide bonds. The molecule has 2 unspecified atom stereocenters. The van der Waals surface area contributed by atoms with E-state index in [9.17, 15) is 4.79 Å². The van der Waals surface area contributed by atoms with Crippen molar-refractivity contribution in [3.05, 3.63) is 0 Å². The third-order valence-corrected chi connectivity index (χ3v) is 3.68. The van der Waals surface area contributed by atoms with Gasteiger partial charge in [0.1, 0.15) is 0 Å². The minimum Gasteiger partial charge on any atom is -0.481 e. The number of carbonyl (C=O) groups is 1. The molecular formula is C12H21NO3. The molecule has 2 aliphatic rings. The van der Waals surface area contributed by atoms with Gasteiger partial charge in [-0.2, -0.15) is 0 Å². The maximum Gasteiger partial charge on any atom is 0.304 e. The summed E-state index contributed by atoms with van der Waals surface area (Å²) in [4.78, 5) is 13.2. The van der Waals surface area contributed by atoms with Crippen LogP contribution < -0.4 is 0 Å². The molecular weight excluding hydrogens is 206 g/mol. The van der Waals surface area contributed by atoms with E-state index >= 15 is 0 Å². The van der Waals surface area contributed by atoms with E-state index in [0.717, 1.165) is 39.1 Å². The predicted molar refractivity (Wildman–Crippen MR) is 60.4 cm³/mol. The van der Waals surface area contributed by atoms with Gasteiger partial charge in [-0.05, 0) is 31.7 Å². The zero-order valence-corrected chi connectivity index (χ0v) is 9.73. The fourth-order valence-corrected chi connectivity index (χ4v) is 2.79. The van der Waals surface area contributed by atoms with Gasteiger partial charge in [0.05, 0.1) is 13.0 Å². The molecule has 2 heterocycles. The minimum absolute atomic E-state index is 0.256. The Morgan fingerprint density at radius 2 is 2.25 bits per heavy atom. The molecule has 2 atom stereocenters. The Bertz CT molecular complexity index is 238. The minimum atomic E-state index is -0.667. The van der Waals surface area contributed by atoms with Gasteiger partial charge in [-0.1, -0.05) is 6.42 Å². The van der Waals surface area contributed by atoms with Gasteiger partial charge in [0.25, 0.3) is 0 Å². The number of ether oxygens (including phenoxy) is 1. The van der Waals surface area contributed by atoms with Crippen LogP contribution in [0, 0.1) is 5.92 Å². The lowest BCUT2D eigenvalue weighted by Crippen LogP contribution is -2.43. The molecule has 4 heteroatoms. The fraction of sp³-hybridized carbons (Fsp3) is 0.917. The summed E-state index contributed by atoms with van der Waals surface area (Å²) >= 11 is 0. The van der Waals surface area contributed by atoms with Gasteiger partial charge in [-0.3, -0.25) is 9.69 Å². The number of piperidine rings is 1. The van der Waals surface area contributed by atoms with Crippen molar-refractivity contribution in [2.75, 3.05) is 26.3 Å². The molecule has 2 rings (SSSR count). The van der Waals surface area contributed by atoms with Crippen molar-refractivity contribution in [3.8, 4) is 0 Å². The molecule has 0 spiro atoms. The summed E-state index contributed by atoms with van der Waals surface area (Å²) in [6.45, 7) is 3.82. The van der Waals surface area contributed by atoms with Crippen molar-refractivity contribution in [1.82, 2.24) is 4.90 Å². The Morgan fingerprint density at radius 3 is 2.94 bits per heavy atom. The van der Waals surface area contributed by atoms with Gasteiger partial charge in [0, 0.05) is 19.2 Å². The van der Waals surface area contributed by atoms with Gasteiger partial charge in [0.15, 0.2) is 0 Å². The summed E-state index contributed by atoms with van der Waals surface area (Å²) in [6, 6.07) is 0.256. The van der Waals surface area contributed by atoms with Crippen LogP contribution in [0.15, 0.2) is 0 Å². The van der Waals surface area contributed by atoms with Crippen LogP contribution in [0.3, 0.4) is 0 Å². The summed E-state index contributed by atoms with van der Waals surface area (Å²) in [6.07, 6.45) is 4.86. The number of rotatable bonds is 4. The largest absolute Gasteiger partial charge is 0.481 e. The van der Waals surface area contributed by atoms with E-state index in [1.807, 2.05) is 0 Å². The molecule has 2 saturated heterocycles. The number of hydrogen-bond acceptors (Lipinski definition) is 3. The van der Waals surface area contributed by atoms with Crippen molar-refractivity contribution < 1.29 is 14.6 Å².